The lowest BCUT2D eigenvalue weighted by Crippen LogP contribution is -2.47. The molecule has 6 rings (SSSR count). The van der Waals surface area contributed by atoms with Gasteiger partial charge in [-0.1, -0.05) is 48.5 Å². The maximum atomic E-state index is 13.7. The van der Waals surface area contributed by atoms with Crippen LogP contribution in [0.25, 0.3) is 28.4 Å². The maximum absolute atomic E-state index is 13.7. The van der Waals surface area contributed by atoms with E-state index < -0.39 is 11.3 Å². The molecule has 8 nitrogen and oxygen atoms in total. The van der Waals surface area contributed by atoms with E-state index in [0.717, 1.165) is 36.0 Å². The van der Waals surface area contributed by atoms with Gasteiger partial charge in [0, 0.05) is 67.3 Å². The first kappa shape index (κ1) is 25.7. The van der Waals surface area contributed by atoms with E-state index in [0.29, 0.717) is 24.4 Å². The summed E-state index contributed by atoms with van der Waals surface area (Å²) in [5.41, 5.74) is 2.18. The summed E-state index contributed by atoms with van der Waals surface area (Å²) in [6.45, 7) is 2.96. The molecule has 2 N–H and O–H groups in total. The van der Waals surface area contributed by atoms with Crippen molar-refractivity contribution in [3.05, 3.63) is 93.7 Å². The van der Waals surface area contributed by atoms with E-state index in [-0.39, 0.29) is 47.0 Å². The molecule has 0 bridgehead atoms. The van der Waals surface area contributed by atoms with Crippen molar-refractivity contribution in [2.45, 2.75) is 12.3 Å². The molecule has 1 atom stereocenters. The molecule has 3 aromatic carbocycles. The normalized spacial score (nSPS) is 16.2. The molecule has 1 saturated heterocycles. The third kappa shape index (κ3) is 4.82. The van der Waals surface area contributed by atoms with Crippen LogP contribution >= 0.6 is 0 Å². The summed E-state index contributed by atoms with van der Waals surface area (Å²) in [6.07, 6.45) is 2.01. The SMILES string of the molecule is CN1CCN(C(=O)C[C@H](C2=Cc3ccccc3OC2)c2c(O)cc(O)c3c(=O)cc(-c4ccccc4)oc23)CC1. The number of carbonyl (C=O) groups is 1. The summed E-state index contributed by atoms with van der Waals surface area (Å²) >= 11 is 0. The molecule has 0 saturated carbocycles. The Kier molecular flexibility index (Phi) is 6.77. The van der Waals surface area contributed by atoms with Crippen LogP contribution in [0.5, 0.6) is 17.2 Å². The summed E-state index contributed by atoms with van der Waals surface area (Å²) in [4.78, 5) is 31.0. The van der Waals surface area contributed by atoms with Gasteiger partial charge in [0.2, 0.25) is 5.91 Å². The number of rotatable bonds is 5. The molecular formula is C32H30N2O6. The Morgan fingerprint density at radius 3 is 2.45 bits per heavy atom. The van der Waals surface area contributed by atoms with E-state index in [9.17, 15) is 19.8 Å². The standard InChI is InChI=1S/C32H30N2O6/c1-33-11-13-34(14-12-33)29(38)16-23(22-15-21-9-5-6-10-27(21)39-19-22)30-24(35)17-25(36)31-26(37)18-28(40-32(30)31)20-7-3-2-4-8-20/h2-10,15,17-18,23,35-36H,11-14,16,19H2,1H3/t23-/m1/s1. The molecule has 40 heavy (non-hydrogen) atoms. The fourth-order valence-electron chi connectivity index (χ4n) is 5.52. The van der Waals surface area contributed by atoms with Crippen molar-refractivity contribution in [2.24, 2.45) is 0 Å². The van der Waals surface area contributed by atoms with Gasteiger partial charge in [0.25, 0.3) is 0 Å². The number of amides is 1. The molecule has 0 spiro atoms. The largest absolute Gasteiger partial charge is 0.507 e. The highest BCUT2D eigenvalue weighted by molar-refractivity contribution is 5.91. The van der Waals surface area contributed by atoms with Gasteiger partial charge in [-0.3, -0.25) is 9.59 Å². The number of hydrogen-bond acceptors (Lipinski definition) is 7. The van der Waals surface area contributed by atoms with Gasteiger partial charge < -0.3 is 29.2 Å². The number of likely N-dealkylation sites (N-methyl/N-ethyl adjacent to an activating group) is 1. The number of nitrogens with zero attached hydrogens (tertiary/aromatic N) is 2. The molecule has 1 fully saturated rings. The second-order valence-electron chi connectivity index (χ2n) is 10.4. The van der Waals surface area contributed by atoms with Gasteiger partial charge in [-0.05, 0) is 24.8 Å². The minimum Gasteiger partial charge on any atom is -0.507 e. The van der Waals surface area contributed by atoms with Crippen molar-refractivity contribution in [1.82, 2.24) is 9.80 Å². The van der Waals surface area contributed by atoms with Crippen molar-refractivity contribution in [3.8, 4) is 28.6 Å². The Morgan fingerprint density at radius 2 is 1.68 bits per heavy atom. The van der Waals surface area contributed by atoms with Gasteiger partial charge in [-0.15, -0.1) is 0 Å². The lowest BCUT2D eigenvalue weighted by atomic mass is 9.84. The first-order chi connectivity index (χ1) is 19.4. The number of hydrogen-bond donors (Lipinski definition) is 2. The van der Waals surface area contributed by atoms with Crippen LogP contribution in [0.15, 0.2) is 81.5 Å². The minimum absolute atomic E-state index is 0.0355. The molecular weight excluding hydrogens is 508 g/mol. The fourth-order valence-corrected chi connectivity index (χ4v) is 5.52. The van der Waals surface area contributed by atoms with Crippen LogP contribution in [-0.2, 0) is 4.79 Å². The average molecular weight is 539 g/mol. The van der Waals surface area contributed by atoms with Crippen LogP contribution in [0.2, 0.25) is 0 Å². The molecule has 204 valence electrons. The second-order valence-corrected chi connectivity index (χ2v) is 10.4. The van der Waals surface area contributed by atoms with Gasteiger partial charge in [-0.25, -0.2) is 0 Å². The zero-order valence-electron chi connectivity index (χ0n) is 22.2. The molecule has 1 amide bonds. The molecule has 8 heteroatoms. The Labute approximate surface area is 231 Å². The molecule has 1 aromatic heterocycles. The monoisotopic (exact) mass is 538 g/mol. The molecule has 3 heterocycles. The Hall–Kier alpha value is -4.56. The first-order valence-electron chi connectivity index (χ1n) is 13.4. The Morgan fingerprint density at radius 1 is 0.950 bits per heavy atom. The van der Waals surface area contributed by atoms with Gasteiger partial charge >= 0.3 is 0 Å². The average Bonchev–Trinajstić information content (AvgIpc) is 2.96. The Balaban J connectivity index is 1.53. The summed E-state index contributed by atoms with van der Waals surface area (Å²) in [5.74, 6) is -0.346. The topological polar surface area (TPSA) is 103 Å². The highest BCUT2D eigenvalue weighted by Gasteiger charge is 2.32. The number of fused-ring (bicyclic) bond motifs is 2. The van der Waals surface area contributed by atoms with Crippen LogP contribution in [0.1, 0.15) is 23.5 Å². The van der Waals surface area contributed by atoms with Crippen molar-refractivity contribution < 1.29 is 24.2 Å². The summed E-state index contributed by atoms with van der Waals surface area (Å²) < 4.78 is 12.3. The predicted octanol–water partition coefficient (Wildman–Crippen LogP) is 4.59. The fraction of sp³-hybridized carbons (Fsp3) is 0.250. The Bertz CT molecular complexity index is 1670. The predicted molar refractivity (Wildman–Crippen MR) is 153 cm³/mol. The summed E-state index contributed by atoms with van der Waals surface area (Å²) in [5, 5.41) is 21.9. The molecule has 2 aliphatic heterocycles. The van der Waals surface area contributed by atoms with Crippen LogP contribution in [0, 0.1) is 0 Å². The van der Waals surface area contributed by atoms with Crippen molar-refractivity contribution in [3.63, 3.8) is 0 Å². The molecule has 2 aliphatic rings. The van der Waals surface area contributed by atoms with E-state index in [1.807, 2.05) is 72.6 Å². The van der Waals surface area contributed by atoms with Crippen LogP contribution in [-0.4, -0.2) is 65.8 Å². The highest BCUT2D eigenvalue weighted by atomic mass is 16.5. The number of piperazine rings is 1. The molecule has 0 unspecified atom stereocenters. The minimum atomic E-state index is -0.669. The quantitative estimate of drug-likeness (QED) is 0.383. The number of para-hydroxylation sites is 1. The summed E-state index contributed by atoms with van der Waals surface area (Å²) in [6, 6.07) is 19.3. The number of aromatic hydroxyl groups is 2. The van der Waals surface area contributed by atoms with Gasteiger partial charge in [-0.2, -0.15) is 0 Å². The third-order valence-corrected chi connectivity index (χ3v) is 7.74. The molecule has 4 aromatic rings. The van der Waals surface area contributed by atoms with E-state index in [4.69, 9.17) is 9.15 Å². The van der Waals surface area contributed by atoms with Gasteiger partial charge in [0.05, 0.1) is 0 Å². The lowest BCUT2D eigenvalue weighted by molar-refractivity contribution is -0.133. The van der Waals surface area contributed by atoms with E-state index in [1.165, 1.54) is 6.07 Å². The number of benzene rings is 3. The molecule has 0 aliphatic carbocycles. The van der Waals surface area contributed by atoms with Gasteiger partial charge in [0.1, 0.15) is 40.6 Å². The zero-order chi connectivity index (χ0) is 27.8. The smallest absolute Gasteiger partial charge is 0.223 e. The van der Waals surface area contributed by atoms with Crippen LogP contribution < -0.4 is 10.2 Å². The summed E-state index contributed by atoms with van der Waals surface area (Å²) in [7, 11) is 2.03. The van der Waals surface area contributed by atoms with Crippen molar-refractivity contribution in [1.29, 1.82) is 0 Å². The van der Waals surface area contributed by atoms with E-state index in [1.54, 1.807) is 0 Å². The number of ether oxygens (including phenoxy) is 1. The number of phenols is 2. The van der Waals surface area contributed by atoms with Crippen molar-refractivity contribution in [2.75, 3.05) is 39.8 Å². The first-order valence-corrected chi connectivity index (χ1v) is 13.4. The van der Waals surface area contributed by atoms with Gasteiger partial charge in [0.15, 0.2) is 5.43 Å². The van der Waals surface area contributed by atoms with E-state index in [2.05, 4.69) is 4.90 Å². The van der Waals surface area contributed by atoms with Crippen LogP contribution in [0.3, 0.4) is 0 Å². The second kappa shape index (κ2) is 10.5. The highest BCUT2D eigenvalue weighted by Crippen LogP contribution is 2.45. The zero-order valence-corrected chi connectivity index (χ0v) is 22.2. The number of carbonyl (C=O) groups excluding carboxylic acids is 1. The number of phenolic OH excluding ortho intramolecular Hbond substituents is 2. The van der Waals surface area contributed by atoms with Crippen LogP contribution in [0.4, 0.5) is 0 Å². The van der Waals surface area contributed by atoms with Crippen molar-refractivity contribution >= 4 is 23.0 Å². The lowest BCUT2D eigenvalue weighted by Gasteiger charge is -2.34. The molecule has 0 radical (unpaired) electrons. The maximum Gasteiger partial charge on any atom is 0.223 e. The third-order valence-electron chi connectivity index (χ3n) is 7.74. The van der Waals surface area contributed by atoms with E-state index >= 15 is 0 Å².